The molecule has 2 nitrogen and oxygen atoms in total. The van der Waals surface area contributed by atoms with Crippen LogP contribution < -0.4 is 0 Å². The average Bonchev–Trinajstić information content (AvgIpc) is 2.56. The summed E-state index contributed by atoms with van der Waals surface area (Å²) in [5, 5.41) is 0. The number of ketones is 1. The van der Waals surface area contributed by atoms with Gasteiger partial charge in [0.2, 0.25) is 0 Å². The number of hydrogen-bond donors (Lipinski definition) is 0. The van der Waals surface area contributed by atoms with E-state index in [1.807, 2.05) is 60.7 Å². The van der Waals surface area contributed by atoms with Crippen molar-refractivity contribution >= 4 is 11.5 Å². The first-order valence-electron chi connectivity index (χ1n) is 7.37. The molecule has 0 aliphatic carbocycles. The van der Waals surface area contributed by atoms with Crippen molar-refractivity contribution in [2.75, 3.05) is 13.1 Å². The first-order chi connectivity index (χ1) is 10.3. The van der Waals surface area contributed by atoms with E-state index in [9.17, 15) is 4.79 Å². The molecule has 2 aromatic carbocycles. The highest BCUT2D eigenvalue weighted by molar-refractivity contribution is 6.08. The molecule has 0 bridgehead atoms. The van der Waals surface area contributed by atoms with Crippen LogP contribution in [0.1, 0.15) is 29.8 Å². The standard InChI is InChI=1S/C19H21NO/c1-3-20(4-2)18(16-11-7-5-8-12-16)15-19(21)17-13-9-6-10-14-17/h5-15H,3-4H2,1-2H3/b18-15-. The predicted octanol–water partition coefficient (Wildman–Crippen LogP) is 4.25. The van der Waals surface area contributed by atoms with E-state index in [0.29, 0.717) is 0 Å². The molecule has 0 aromatic heterocycles. The quantitative estimate of drug-likeness (QED) is 0.582. The van der Waals surface area contributed by atoms with E-state index in [0.717, 1.165) is 29.9 Å². The lowest BCUT2D eigenvalue weighted by atomic mass is 10.1. The van der Waals surface area contributed by atoms with Crippen LogP contribution in [0.2, 0.25) is 0 Å². The molecule has 2 rings (SSSR count). The van der Waals surface area contributed by atoms with Crippen molar-refractivity contribution in [3.8, 4) is 0 Å². The third-order valence-corrected chi connectivity index (χ3v) is 3.50. The van der Waals surface area contributed by atoms with Crippen molar-refractivity contribution in [2.45, 2.75) is 13.8 Å². The maximum atomic E-state index is 12.5. The monoisotopic (exact) mass is 279 g/mol. The van der Waals surface area contributed by atoms with Crippen LogP contribution in [0.25, 0.3) is 5.70 Å². The van der Waals surface area contributed by atoms with Gasteiger partial charge in [0.05, 0.1) is 0 Å². The summed E-state index contributed by atoms with van der Waals surface area (Å²) in [7, 11) is 0. The highest BCUT2D eigenvalue weighted by atomic mass is 16.1. The molecular weight excluding hydrogens is 258 g/mol. The Labute approximate surface area is 126 Å². The van der Waals surface area contributed by atoms with Crippen LogP contribution in [-0.4, -0.2) is 23.8 Å². The third kappa shape index (κ3) is 3.82. The Hall–Kier alpha value is -2.35. The summed E-state index contributed by atoms with van der Waals surface area (Å²) in [5.41, 5.74) is 2.78. The van der Waals surface area contributed by atoms with Gasteiger partial charge in [-0.1, -0.05) is 60.7 Å². The lowest BCUT2D eigenvalue weighted by molar-refractivity contribution is 0.104. The normalized spacial score (nSPS) is 11.2. The van der Waals surface area contributed by atoms with Gasteiger partial charge in [-0.3, -0.25) is 4.79 Å². The van der Waals surface area contributed by atoms with Gasteiger partial charge in [0.15, 0.2) is 5.78 Å². The number of rotatable bonds is 6. The molecule has 0 aliphatic heterocycles. The summed E-state index contributed by atoms with van der Waals surface area (Å²) in [6.45, 7) is 5.96. The zero-order valence-corrected chi connectivity index (χ0v) is 12.6. The van der Waals surface area contributed by atoms with Crippen LogP contribution in [0.5, 0.6) is 0 Å². The second-order valence-corrected chi connectivity index (χ2v) is 4.80. The molecule has 108 valence electrons. The van der Waals surface area contributed by atoms with E-state index in [1.54, 1.807) is 6.08 Å². The summed E-state index contributed by atoms with van der Waals surface area (Å²) < 4.78 is 0. The minimum absolute atomic E-state index is 0.0429. The van der Waals surface area contributed by atoms with Crippen LogP contribution in [0.4, 0.5) is 0 Å². The maximum Gasteiger partial charge on any atom is 0.187 e. The molecule has 0 fully saturated rings. The Morgan fingerprint density at radius 3 is 1.81 bits per heavy atom. The second-order valence-electron chi connectivity index (χ2n) is 4.80. The summed E-state index contributed by atoms with van der Waals surface area (Å²) in [5.74, 6) is 0.0429. The third-order valence-electron chi connectivity index (χ3n) is 3.50. The highest BCUT2D eigenvalue weighted by Gasteiger charge is 2.11. The van der Waals surface area contributed by atoms with Crippen molar-refractivity contribution in [3.63, 3.8) is 0 Å². The molecule has 0 unspecified atom stereocenters. The van der Waals surface area contributed by atoms with Gasteiger partial charge >= 0.3 is 0 Å². The molecule has 0 amide bonds. The van der Waals surface area contributed by atoms with E-state index in [2.05, 4.69) is 18.7 Å². The molecule has 0 saturated carbocycles. The second kappa shape index (κ2) is 7.44. The smallest absolute Gasteiger partial charge is 0.187 e. The van der Waals surface area contributed by atoms with Gasteiger partial charge in [0.25, 0.3) is 0 Å². The first-order valence-corrected chi connectivity index (χ1v) is 7.37. The van der Waals surface area contributed by atoms with Gasteiger partial charge in [0, 0.05) is 30.4 Å². The Morgan fingerprint density at radius 1 is 0.857 bits per heavy atom. The zero-order valence-electron chi connectivity index (χ0n) is 12.6. The fourth-order valence-electron chi connectivity index (χ4n) is 2.34. The van der Waals surface area contributed by atoms with Crippen molar-refractivity contribution in [1.29, 1.82) is 0 Å². The predicted molar refractivity (Wildman–Crippen MR) is 88.1 cm³/mol. The highest BCUT2D eigenvalue weighted by Crippen LogP contribution is 2.20. The minimum atomic E-state index is 0.0429. The van der Waals surface area contributed by atoms with E-state index in [1.165, 1.54) is 0 Å². The van der Waals surface area contributed by atoms with E-state index < -0.39 is 0 Å². The minimum Gasteiger partial charge on any atom is -0.371 e. The zero-order chi connectivity index (χ0) is 15.1. The molecule has 0 radical (unpaired) electrons. The Balaban J connectivity index is 2.40. The van der Waals surface area contributed by atoms with Gasteiger partial charge in [-0.05, 0) is 19.4 Å². The Kier molecular flexibility index (Phi) is 5.33. The summed E-state index contributed by atoms with van der Waals surface area (Å²) in [6.07, 6.45) is 1.75. The lowest BCUT2D eigenvalue weighted by Crippen LogP contribution is -2.22. The van der Waals surface area contributed by atoms with Gasteiger partial charge in [-0.25, -0.2) is 0 Å². The number of nitrogens with zero attached hydrogens (tertiary/aromatic N) is 1. The van der Waals surface area contributed by atoms with Crippen molar-refractivity contribution < 1.29 is 4.79 Å². The molecule has 0 heterocycles. The van der Waals surface area contributed by atoms with Crippen LogP contribution in [0.15, 0.2) is 66.7 Å². The van der Waals surface area contributed by atoms with E-state index in [4.69, 9.17) is 0 Å². The molecule has 0 atom stereocenters. The topological polar surface area (TPSA) is 20.3 Å². The van der Waals surface area contributed by atoms with Gasteiger partial charge in [-0.2, -0.15) is 0 Å². The number of hydrogen-bond acceptors (Lipinski definition) is 2. The molecule has 0 aliphatic rings. The SMILES string of the molecule is CCN(CC)/C(=C\C(=O)c1ccccc1)c1ccccc1. The number of allylic oxidation sites excluding steroid dienone is 1. The average molecular weight is 279 g/mol. The summed E-state index contributed by atoms with van der Waals surface area (Å²) in [4.78, 5) is 14.7. The number of carbonyl (C=O) groups excluding carboxylic acids is 1. The summed E-state index contributed by atoms with van der Waals surface area (Å²) in [6, 6.07) is 19.5. The van der Waals surface area contributed by atoms with Crippen LogP contribution in [0.3, 0.4) is 0 Å². The van der Waals surface area contributed by atoms with Crippen LogP contribution >= 0.6 is 0 Å². The Morgan fingerprint density at radius 2 is 1.33 bits per heavy atom. The van der Waals surface area contributed by atoms with Gasteiger partial charge < -0.3 is 4.90 Å². The summed E-state index contributed by atoms with van der Waals surface area (Å²) >= 11 is 0. The van der Waals surface area contributed by atoms with Gasteiger partial charge in [0.1, 0.15) is 0 Å². The molecule has 0 saturated heterocycles. The number of carbonyl (C=O) groups is 1. The molecule has 21 heavy (non-hydrogen) atoms. The fourth-order valence-corrected chi connectivity index (χ4v) is 2.34. The van der Waals surface area contributed by atoms with Crippen LogP contribution in [0, 0.1) is 0 Å². The maximum absolute atomic E-state index is 12.5. The van der Waals surface area contributed by atoms with Crippen molar-refractivity contribution in [3.05, 3.63) is 77.9 Å². The molecule has 2 aromatic rings. The number of benzene rings is 2. The van der Waals surface area contributed by atoms with Crippen LogP contribution in [-0.2, 0) is 0 Å². The Bertz CT molecular complexity index is 598. The fraction of sp³-hybridized carbons (Fsp3) is 0.211. The molecule has 2 heteroatoms. The molecule has 0 N–H and O–H groups in total. The molecule has 0 spiro atoms. The largest absolute Gasteiger partial charge is 0.371 e. The van der Waals surface area contributed by atoms with E-state index >= 15 is 0 Å². The van der Waals surface area contributed by atoms with E-state index in [-0.39, 0.29) is 5.78 Å². The van der Waals surface area contributed by atoms with Crippen molar-refractivity contribution in [1.82, 2.24) is 4.90 Å². The molecular formula is C19H21NO. The first kappa shape index (κ1) is 15.0. The van der Waals surface area contributed by atoms with Gasteiger partial charge in [-0.15, -0.1) is 0 Å². The van der Waals surface area contributed by atoms with Crippen molar-refractivity contribution in [2.24, 2.45) is 0 Å². The lowest BCUT2D eigenvalue weighted by Gasteiger charge is -2.24.